The Bertz CT molecular complexity index is 833. The lowest BCUT2D eigenvalue weighted by Gasteiger charge is -2.10. The molecule has 0 aliphatic heterocycles. The normalized spacial score (nSPS) is 10.1. The Kier molecular flexibility index (Phi) is 5.26. The summed E-state index contributed by atoms with van der Waals surface area (Å²) in [6.45, 7) is 1.88. The van der Waals surface area contributed by atoms with Crippen LogP contribution in [0.3, 0.4) is 0 Å². The average Bonchev–Trinajstić information content (AvgIpc) is 2.64. The molecule has 1 heterocycles. The van der Waals surface area contributed by atoms with Gasteiger partial charge < -0.3 is 14.8 Å². The minimum Gasteiger partial charge on any atom is -0.484 e. The van der Waals surface area contributed by atoms with Gasteiger partial charge in [0.25, 0.3) is 5.91 Å². The summed E-state index contributed by atoms with van der Waals surface area (Å²) in [6, 6.07) is 20.1. The van der Waals surface area contributed by atoms with E-state index in [1.54, 1.807) is 36.5 Å². The van der Waals surface area contributed by atoms with Gasteiger partial charge in [-0.3, -0.25) is 4.79 Å². The average molecular weight is 334 g/mol. The van der Waals surface area contributed by atoms with E-state index in [1.165, 1.54) is 0 Å². The maximum Gasteiger partial charge on any atom is 0.262 e. The zero-order valence-corrected chi connectivity index (χ0v) is 13.8. The van der Waals surface area contributed by atoms with Crippen molar-refractivity contribution in [2.45, 2.75) is 6.92 Å². The van der Waals surface area contributed by atoms with E-state index in [0.717, 1.165) is 11.3 Å². The van der Waals surface area contributed by atoms with E-state index in [1.807, 2.05) is 43.3 Å². The predicted molar refractivity (Wildman–Crippen MR) is 96.1 cm³/mol. The summed E-state index contributed by atoms with van der Waals surface area (Å²) in [5.74, 6) is 1.56. The number of ether oxygens (including phenoxy) is 2. The highest BCUT2D eigenvalue weighted by Gasteiger charge is 2.06. The first-order valence-corrected chi connectivity index (χ1v) is 7.88. The van der Waals surface area contributed by atoms with Gasteiger partial charge >= 0.3 is 0 Å². The van der Waals surface area contributed by atoms with Crippen LogP contribution in [0.1, 0.15) is 5.56 Å². The maximum atomic E-state index is 12.0. The number of benzene rings is 2. The van der Waals surface area contributed by atoms with E-state index < -0.39 is 0 Å². The smallest absolute Gasteiger partial charge is 0.262 e. The number of pyridine rings is 1. The van der Waals surface area contributed by atoms with Crippen LogP contribution in [0.5, 0.6) is 17.4 Å². The third-order valence-corrected chi connectivity index (χ3v) is 3.47. The Morgan fingerprint density at radius 3 is 2.40 bits per heavy atom. The predicted octanol–water partition coefficient (Wildman–Crippen LogP) is 4.20. The van der Waals surface area contributed by atoms with Gasteiger partial charge in [0, 0.05) is 18.0 Å². The maximum absolute atomic E-state index is 12.0. The SMILES string of the molecule is Cc1ccccc1NC(=O)COc1ccc(Oc2ccccn2)cc1. The summed E-state index contributed by atoms with van der Waals surface area (Å²) in [5, 5.41) is 2.83. The van der Waals surface area contributed by atoms with Crippen LogP contribution < -0.4 is 14.8 Å². The Balaban J connectivity index is 1.51. The number of hydrogen-bond donors (Lipinski definition) is 1. The van der Waals surface area contributed by atoms with Gasteiger partial charge in [0.15, 0.2) is 6.61 Å². The molecule has 5 heteroatoms. The van der Waals surface area contributed by atoms with Crippen LogP contribution in [-0.4, -0.2) is 17.5 Å². The van der Waals surface area contributed by atoms with Gasteiger partial charge in [0.2, 0.25) is 5.88 Å². The van der Waals surface area contributed by atoms with Crippen molar-refractivity contribution in [2.24, 2.45) is 0 Å². The third-order valence-electron chi connectivity index (χ3n) is 3.47. The number of carbonyl (C=O) groups is 1. The second-order valence-corrected chi connectivity index (χ2v) is 5.39. The molecule has 0 saturated carbocycles. The van der Waals surface area contributed by atoms with E-state index in [9.17, 15) is 4.79 Å². The zero-order valence-electron chi connectivity index (χ0n) is 13.8. The van der Waals surface area contributed by atoms with Crippen molar-refractivity contribution >= 4 is 11.6 Å². The minimum atomic E-state index is -0.205. The van der Waals surface area contributed by atoms with Gasteiger partial charge in [-0.2, -0.15) is 0 Å². The molecule has 0 saturated heterocycles. The second kappa shape index (κ2) is 7.97. The van der Waals surface area contributed by atoms with E-state index in [4.69, 9.17) is 9.47 Å². The van der Waals surface area contributed by atoms with Crippen LogP contribution in [0.2, 0.25) is 0 Å². The van der Waals surface area contributed by atoms with Crippen molar-refractivity contribution in [3.8, 4) is 17.4 Å². The Hall–Kier alpha value is -3.34. The Labute approximate surface area is 146 Å². The fourth-order valence-corrected chi connectivity index (χ4v) is 2.18. The number of rotatable bonds is 6. The molecule has 126 valence electrons. The number of anilines is 1. The number of aromatic nitrogens is 1. The van der Waals surface area contributed by atoms with E-state index in [-0.39, 0.29) is 12.5 Å². The molecule has 0 atom stereocenters. The van der Waals surface area contributed by atoms with E-state index in [0.29, 0.717) is 17.4 Å². The van der Waals surface area contributed by atoms with Crippen molar-refractivity contribution in [2.75, 3.05) is 11.9 Å². The molecule has 5 nitrogen and oxygen atoms in total. The lowest BCUT2D eigenvalue weighted by molar-refractivity contribution is -0.118. The molecule has 1 amide bonds. The Morgan fingerprint density at radius 2 is 1.68 bits per heavy atom. The number of amides is 1. The lowest BCUT2D eigenvalue weighted by Crippen LogP contribution is -2.20. The molecule has 0 fully saturated rings. The standard InChI is InChI=1S/C20H18N2O3/c1-15-6-2-3-7-18(15)22-19(23)14-24-16-9-11-17(12-10-16)25-20-8-4-5-13-21-20/h2-13H,14H2,1H3,(H,22,23). The highest BCUT2D eigenvalue weighted by atomic mass is 16.5. The fraction of sp³-hybridized carbons (Fsp3) is 0.100. The molecule has 2 aromatic carbocycles. The number of hydrogen-bond acceptors (Lipinski definition) is 4. The van der Waals surface area contributed by atoms with Crippen molar-refractivity contribution in [3.05, 3.63) is 78.5 Å². The molecule has 1 aromatic heterocycles. The summed E-state index contributed by atoms with van der Waals surface area (Å²) in [4.78, 5) is 16.1. The van der Waals surface area contributed by atoms with Crippen LogP contribution in [0.15, 0.2) is 72.9 Å². The van der Waals surface area contributed by atoms with Gasteiger partial charge in [0.1, 0.15) is 11.5 Å². The van der Waals surface area contributed by atoms with E-state index >= 15 is 0 Å². The van der Waals surface area contributed by atoms with Crippen LogP contribution in [0.4, 0.5) is 5.69 Å². The molecular formula is C20H18N2O3. The third kappa shape index (κ3) is 4.81. The first kappa shape index (κ1) is 16.5. The van der Waals surface area contributed by atoms with Gasteiger partial charge in [-0.1, -0.05) is 24.3 Å². The summed E-state index contributed by atoms with van der Waals surface area (Å²) < 4.78 is 11.1. The van der Waals surface area contributed by atoms with Crippen molar-refractivity contribution in [1.29, 1.82) is 0 Å². The lowest BCUT2D eigenvalue weighted by atomic mass is 10.2. The molecule has 0 spiro atoms. The summed E-state index contributed by atoms with van der Waals surface area (Å²) >= 11 is 0. The molecule has 0 aliphatic carbocycles. The first-order valence-electron chi connectivity index (χ1n) is 7.88. The van der Waals surface area contributed by atoms with Crippen molar-refractivity contribution < 1.29 is 14.3 Å². The molecular weight excluding hydrogens is 316 g/mol. The monoisotopic (exact) mass is 334 g/mol. The first-order chi connectivity index (χ1) is 12.2. The molecule has 25 heavy (non-hydrogen) atoms. The molecule has 0 bridgehead atoms. The molecule has 3 aromatic rings. The topological polar surface area (TPSA) is 60.5 Å². The summed E-state index contributed by atoms with van der Waals surface area (Å²) in [6.07, 6.45) is 1.67. The number of aryl methyl sites for hydroxylation is 1. The highest BCUT2D eigenvalue weighted by molar-refractivity contribution is 5.92. The number of nitrogens with zero attached hydrogens (tertiary/aromatic N) is 1. The van der Waals surface area contributed by atoms with Gasteiger partial charge in [-0.25, -0.2) is 4.98 Å². The summed E-state index contributed by atoms with van der Waals surface area (Å²) in [5.41, 5.74) is 1.79. The molecule has 0 unspecified atom stereocenters. The quantitative estimate of drug-likeness (QED) is 0.734. The van der Waals surface area contributed by atoms with Crippen molar-refractivity contribution in [1.82, 2.24) is 4.98 Å². The van der Waals surface area contributed by atoms with Crippen LogP contribution in [-0.2, 0) is 4.79 Å². The van der Waals surface area contributed by atoms with Crippen LogP contribution in [0.25, 0.3) is 0 Å². The largest absolute Gasteiger partial charge is 0.484 e. The second-order valence-electron chi connectivity index (χ2n) is 5.39. The molecule has 0 radical (unpaired) electrons. The highest BCUT2D eigenvalue weighted by Crippen LogP contribution is 2.22. The molecule has 0 aliphatic rings. The fourth-order valence-electron chi connectivity index (χ4n) is 2.18. The minimum absolute atomic E-state index is 0.0607. The van der Waals surface area contributed by atoms with Gasteiger partial charge in [-0.15, -0.1) is 0 Å². The molecule has 3 rings (SSSR count). The zero-order chi connectivity index (χ0) is 17.5. The van der Waals surface area contributed by atoms with Crippen molar-refractivity contribution in [3.63, 3.8) is 0 Å². The number of nitrogens with one attached hydrogen (secondary N) is 1. The number of carbonyl (C=O) groups excluding carboxylic acids is 1. The molecule has 1 N–H and O–H groups in total. The Morgan fingerprint density at radius 1 is 0.960 bits per heavy atom. The number of para-hydroxylation sites is 1. The van der Waals surface area contributed by atoms with Gasteiger partial charge in [-0.05, 0) is 48.9 Å². The van der Waals surface area contributed by atoms with E-state index in [2.05, 4.69) is 10.3 Å². The van der Waals surface area contributed by atoms with Crippen LogP contribution >= 0.6 is 0 Å². The van der Waals surface area contributed by atoms with Crippen LogP contribution in [0, 0.1) is 6.92 Å². The van der Waals surface area contributed by atoms with Gasteiger partial charge in [0.05, 0.1) is 0 Å². The summed E-state index contributed by atoms with van der Waals surface area (Å²) in [7, 11) is 0.